The van der Waals surface area contributed by atoms with Crippen LogP contribution < -0.4 is 14.4 Å². The molecule has 0 aromatic heterocycles. The molecule has 0 unspecified atom stereocenters. The van der Waals surface area contributed by atoms with Gasteiger partial charge >= 0.3 is 0 Å². The third kappa shape index (κ3) is 2.44. The summed E-state index contributed by atoms with van der Waals surface area (Å²) in [5.74, 6) is 1.05. The maximum absolute atomic E-state index is 14.0. The van der Waals surface area contributed by atoms with Gasteiger partial charge in [0.1, 0.15) is 30.7 Å². The highest BCUT2D eigenvalue weighted by Gasteiger charge is 2.29. The van der Waals surface area contributed by atoms with Crippen LogP contribution in [-0.4, -0.2) is 19.8 Å². The lowest BCUT2D eigenvalue weighted by atomic mass is 10.0. The van der Waals surface area contributed by atoms with E-state index in [0.29, 0.717) is 18.9 Å². The van der Waals surface area contributed by atoms with E-state index >= 15 is 0 Å². The van der Waals surface area contributed by atoms with Crippen LogP contribution in [0.2, 0.25) is 0 Å². The second-order valence-corrected chi connectivity index (χ2v) is 6.00. The monoisotopic (exact) mass is 324 g/mol. The number of benzene rings is 2. The molecule has 0 radical (unpaired) electrons. The van der Waals surface area contributed by atoms with Crippen molar-refractivity contribution >= 4 is 5.69 Å². The lowest BCUT2D eigenvalue weighted by Crippen LogP contribution is -2.24. The molecule has 0 spiro atoms. The van der Waals surface area contributed by atoms with E-state index in [2.05, 4.69) is 4.90 Å². The van der Waals surface area contributed by atoms with Gasteiger partial charge in [0.2, 0.25) is 0 Å². The van der Waals surface area contributed by atoms with Crippen molar-refractivity contribution in [1.29, 1.82) is 5.26 Å². The van der Waals surface area contributed by atoms with E-state index in [9.17, 15) is 9.65 Å². The lowest BCUT2D eigenvalue weighted by Gasteiger charge is -2.29. The summed E-state index contributed by atoms with van der Waals surface area (Å²) in [5.41, 5.74) is 1.88. The van der Waals surface area contributed by atoms with Crippen molar-refractivity contribution < 1.29 is 13.9 Å². The Bertz CT molecular complexity index is 815. The number of halogens is 1. The SMILES string of the molecule is N#Cc1c(F)cccc1N1CCC[C@@H]1c1ccc2c(c1)OCCO2. The van der Waals surface area contributed by atoms with Gasteiger partial charge in [0, 0.05) is 6.54 Å². The van der Waals surface area contributed by atoms with Gasteiger partial charge < -0.3 is 14.4 Å². The molecular formula is C19H17FN2O2. The van der Waals surface area contributed by atoms with Gasteiger partial charge in [-0.25, -0.2) is 4.39 Å². The number of anilines is 1. The van der Waals surface area contributed by atoms with Crippen LogP contribution in [0, 0.1) is 17.1 Å². The molecule has 1 saturated heterocycles. The number of nitriles is 1. The van der Waals surface area contributed by atoms with Crippen molar-refractivity contribution in [2.75, 3.05) is 24.7 Å². The van der Waals surface area contributed by atoms with Crippen molar-refractivity contribution in [3.05, 3.63) is 53.3 Å². The van der Waals surface area contributed by atoms with E-state index in [0.717, 1.165) is 36.4 Å². The second-order valence-electron chi connectivity index (χ2n) is 6.00. The number of nitrogens with zero attached hydrogens (tertiary/aromatic N) is 2. The van der Waals surface area contributed by atoms with Crippen LogP contribution >= 0.6 is 0 Å². The highest BCUT2D eigenvalue weighted by Crippen LogP contribution is 2.41. The van der Waals surface area contributed by atoms with E-state index in [1.54, 1.807) is 6.07 Å². The molecule has 0 aliphatic carbocycles. The molecule has 2 aromatic rings. The van der Waals surface area contributed by atoms with Crippen LogP contribution in [-0.2, 0) is 0 Å². The molecule has 122 valence electrons. The molecule has 2 aliphatic heterocycles. The van der Waals surface area contributed by atoms with Crippen LogP contribution in [0.3, 0.4) is 0 Å². The summed E-state index contributed by atoms with van der Waals surface area (Å²) in [7, 11) is 0. The molecule has 2 aliphatic rings. The van der Waals surface area contributed by atoms with Crippen LogP contribution in [0.5, 0.6) is 11.5 Å². The molecule has 4 rings (SSSR count). The number of hydrogen-bond acceptors (Lipinski definition) is 4. The summed E-state index contributed by atoms with van der Waals surface area (Å²) in [4.78, 5) is 2.12. The van der Waals surface area contributed by atoms with Crippen LogP contribution in [0.1, 0.15) is 30.0 Å². The Morgan fingerprint density at radius 3 is 2.79 bits per heavy atom. The summed E-state index contributed by atoms with van der Waals surface area (Å²) in [6.07, 6.45) is 1.96. The average molecular weight is 324 g/mol. The maximum atomic E-state index is 14.0. The molecule has 0 saturated carbocycles. The Morgan fingerprint density at radius 2 is 1.96 bits per heavy atom. The highest BCUT2D eigenvalue weighted by molar-refractivity contribution is 5.62. The smallest absolute Gasteiger partial charge is 0.161 e. The first-order valence-electron chi connectivity index (χ1n) is 8.13. The fourth-order valence-electron chi connectivity index (χ4n) is 3.53. The van der Waals surface area contributed by atoms with Crippen LogP contribution in [0.25, 0.3) is 0 Å². The molecule has 2 aromatic carbocycles. The third-order valence-electron chi connectivity index (χ3n) is 4.62. The topological polar surface area (TPSA) is 45.5 Å². The number of rotatable bonds is 2. The largest absolute Gasteiger partial charge is 0.486 e. The van der Waals surface area contributed by atoms with Crippen molar-refractivity contribution in [2.24, 2.45) is 0 Å². The molecule has 5 heteroatoms. The molecule has 0 bridgehead atoms. The zero-order valence-corrected chi connectivity index (χ0v) is 13.2. The lowest BCUT2D eigenvalue weighted by molar-refractivity contribution is 0.171. The standard InChI is InChI=1S/C19H17FN2O2/c20-15-3-1-4-17(14(15)12-21)22-8-2-5-16(22)13-6-7-18-19(11-13)24-10-9-23-18/h1,3-4,6-7,11,16H,2,5,8-10H2/t16-/m1/s1. The van der Waals surface area contributed by atoms with Gasteiger partial charge in [-0.05, 0) is 42.7 Å². The van der Waals surface area contributed by atoms with E-state index in [-0.39, 0.29) is 11.6 Å². The first-order valence-corrected chi connectivity index (χ1v) is 8.13. The summed E-state index contributed by atoms with van der Waals surface area (Å²) in [5, 5.41) is 9.32. The van der Waals surface area contributed by atoms with Gasteiger partial charge in [0.25, 0.3) is 0 Å². The minimum absolute atomic E-state index is 0.106. The van der Waals surface area contributed by atoms with Crippen molar-refractivity contribution in [3.8, 4) is 17.6 Å². The second kappa shape index (κ2) is 6.04. The Hall–Kier alpha value is -2.74. The maximum Gasteiger partial charge on any atom is 0.161 e. The van der Waals surface area contributed by atoms with E-state index in [1.807, 2.05) is 30.3 Å². The van der Waals surface area contributed by atoms with Gasteiger partial charge in [0.15, 0.2) is 11.5 Å². The van der Waals surface area contributed by atoms with Gasteiger partial charge in [-0.3, -0.25) is 0 Å². The molecule has 1 fully saturated rings. The Kier molecular flexibility index (Phi) is 3.73. The quantitative estimate of drug-likeness (QED) is 0.843. The molecule has 0 amide bonds. The molecular weight excluding hydrogens is 307 g/mol. The van der Waals surface area contributed by atoms with Crippen LogP contribution in [0.4, 0.5) is 10.1 Å². The summed E-state index contributed by atoms with van der Waals surface area (Å²) in [6.45, 7) is 1.92. The first-order chi connectivity index (χ1) is 11.8. The minimum atomic E-state index is -0.470. The van der Waals surface area contributed by atoms with Gasteiger partial charge in [-0.1, -0.05) is 12.1 Å². The van der Waals surface area contributed by atoms with E-state index < -0.39 is 5.82 Å². The van der Waals surface area contributed by atoms with Crippen molar-refractivity contribution in [1.82, 2.24) is 0 Å². The van der Waals surface area contributed by atoms with Gasteiger partial charge in [-0.2, -0.15) is 5.26 Å². The Balaban J connectivity index is 1.71. The van der Waals surface area contributed by atoms with E-state index in [1.165, 1.54) is 6.07 Å². The highest BCUT2D eigenvalue weighted by atomic mass is 19.1. The fraction of sp³-hybridized carbons (Fsp3) is 0.316. The number of hydrogen-bond donors (Lipinski definition) is 0. The van der Waals surface area contributed by atoms with Crippen molar-refractivity contribution in [3.63, 3.8) is 0 Å². The fourth-order valence-corrected chi connectivity index (χ4v) is 3.53. The number of fused-ring (bicyclic) bond motifs is 1. The molecule has 24 heavy (non-hydrogen) atoms. The third-order valence-corrected chi connectivity index (χ3v) is 4.62. The summed E-state index contributed by atoms with van der Waals surface area (Å²) >= 11 is 0. The zero-order valence-electron chi connectivity index (χ0n) is 13.2. The predicted octanol–water partition coefficient (Wildman–Crippen LogP) is 3.81. The predicted molar refractivity (Wildman–Crippen MR) is 87.9 cm³/mol. The minimum Gasteiger partial charge on any atom is -0.486 e. The molecule has 1 atom stereocenters. The zero-order chi connectivity index (χ0) is 16.5. The molecule has 0 N–H and O–H groups in total. The Morgan fingerprint density at radius 1 is 1.12 bits per heavy atom. The normalized spacial score (nSPS) is 19.2. The van der Waals surface area contributed by atoms with Gasteiger partial charge in [-0.15, -0.1) is 0 Å². The summed E-state index contributed by atoms with van der Waals surface area (Å²) in [6, 6.07) is 12.9. The molecule has 2 heterocycles. The first kappa shape index (κ1) is 14.8. The van der Waals surface area contributed by atoms with Crippen molar-refractivity contribution in [2.45, 2.75) is 18.9 Å². The number of ether oxygens (including phenoxy) is 2. The van der Waals surface area contributed by atoms with Gasteiger partial charge in [0.05, 0.1) is 11.7 Å². The van der Waals surface area contributed by atoms with Crippen LogP contribution in [0.15, 0.2) is 36.4 Å². The Labute approximate surface area is 140 Å². The summed E-state index contributed by atoms with van der Waals surface area (Å²) < 4.78 is 25.2. The average Bonchev–Trinajstić information content (AvgIpc) is 3.10. The molecule has 4 nitrogen and oxygen atoms in total. The van der Waals surface area contributed by atoms with E-state index in [4.69, 9.17) is 9.47 Å².